The van der Waals surface area contributed by atoms with Crippen molar-refractivity contribution in [1.29, 1.82) is 0 Å². The third-order valence-corrected chi connectivity index (χ3v) is 9.25. The van der Waals surface area contributed by atoms with Gasteiger partial charge in [-0.1, -0.05) is 53.7 Å². The van der Waals surface area contributed by atoms with Crippen molar-refractivity contribution in [2.45, 2.75) is 104 Å². The Bertz CT molecular complexity index is 1390. The largest absolute Gasteiger partial charge is 0.507 e. The minimum atomic E-state index is -3.06. The first-order chi connectivity index (χ1) is 20.7. The first-order valence-electron chi connectivity index (χ1n) is 15.6. The van der Waals surface area contributed by atoms with Gasteiger partial charge < -0.3 is 19.3 Å². The van der Waals surface area contributed by atoms with E-state index in [1.165, 1.54) is 12.2 Å². The Balaban J connectivity index is 1.34. The van der Waals surface area contributed by atoms with Crippen LogP contribution in [0, 0.1) is 0 Å². The van der Waals surface area contributed by atoms with E-state index in [0.29, 0.717) is 11.5 Å². The second kappa shape index (κ2) is 14.0. The Hall–Kier alpha value is -2.99. The summed E-state index contributed by atoms with van der Waals surface area (Å²) in [5, 5.41) is 21.8. The molecule has 0 saturated heterocycles. The van der Waals surface area contributed by atoms with Crippen LogP contribution in [0.15, 0.2) is 24.3 Å². The van der Waals surface area contributed by atoms with Crippen molar-refractivity contribution >= 4 is 32.0 Å². The summed E-state index contributed by atoms with van der Waals surface area (Å²) in [6.45, 7) is 11.4. The van der Waals surface area contributed by atoms with Gasteiger partial charge in [0.2, 0.25) is 0 Å². The van der Waals surface area contributed by atoms with Gasteiger partial charge in [0.15, 0.2) is 11.6 Å². The van der Waals surface area contributed by atoms with Crippen molar-refractivity contribution in [3.8, 4) is 11.5 Å². The monoisotopic (exact) mass is 622 g/mol. The molecule has 0 spiro atoms. The van der Waals surface area contributed by atoms with Gasteiger partial charge in [-0.05, 0) is 120 Å². The van der Waals surface area contributed by atoms with Gasteiger partial charge in [0.05, 0.1) is 0 Å². The SMILES string of the molecule is CC(C)(C)c1cc(C=CC(=O)CO[PH](=O)OCC(=O)C=Cc2cc(C(C)(C)C)c(O)c3c2CCCC3)c2c(c1O)CCCC2. The maximum absolute atomic E-state index is 12.5. The molecule has 0 amide bonds. The molecule has 2 aliphatic rings. The molecular weight excluding hydrogens is 575 g/mol. The Labute approximate surface area is 262 Å². The number of phenols is 2. The maximum Gasteiger partial charge on any atom is 0.320 e. The van der Waals surface area contributed by atoms with Crippen molar-refractivity contribution in [3.63, 3.8) is 0 Å². The third kappa shape index (κ3) is 8.18. The van der Waals surface area contributed by atoms with Gasteiger partial charge in [-0.25, -0.2) is 0 Å². The fraction of sp³-hybridized carbons (Fsp3) is 0.500. The lowest BCUT2D eigenvalue weighted by Gasteiger charge is -2.27. The molecule has 0 bridgehead atoms. The minimum absolute atomic E-state index is 0.255. The van der Waals surface area contributed by atoms with Gasteiger partial charge >= 0.3 is 8.25 Å². The van der Waals surface area contributed by atoms with Crippen LogP contribution in [-0.4, -0.2) is 35.0 Å². The first kappa shape index (κ1) is 33.9. The van der Waals surface area contributed by atoms with Gasteiger partial charge in [-0.2, -0.15) is 0 Å². The van der Waals surface area contributed by atoms with Crippen molar-refractivity contribution in [3.05, 3.63) is 68.8 Å². The van der Waals surface area contributed by atoms with E-state index in [4.69, 9.17) is 9.05 Å². The summed E-state index contributed by atoms with van der Waals surface area (Å²) >= 11 is 0. The molecule has 0 unspecified atom stereocenters. The highest BCUT2D eigenvalue weighted by Crippen LogP contribution is 2.42. The Morgan fingerprint density at radius 2 is 1.02 bits per heavy atom. The highest BCUT2D eigenvalue weighted by Gasteiger charge is 2.27. The first-order valence-corrected chi connectivity index (χ1v) is 16.9. The molecule has 238 valence electrons. The summed E-state index contributed by atoms with van der Waals surface area (Å²) in [4.78, 5) is 25.1. The van der Waals surface area contributed by atoms with E-state index >= 15 is 0 Å². The van der Waals surface area contributed by atoms with Crippen LogP contribution < -0.4 is 0 Å². The van der Waals surface area contributed by atoms with E-state index in [1.807, 2.05) is 53.7 Å². The lowest BCUT2D eigenvalue weighted by Crippen LogP contribution is -2.15. The summed E-state index contributed by atoms with van der Waals surface area (Å²) in [6.07, 6.45) is 13.7. The van der Waals surface area contributed by atoms with Gasteiger partial charge in [0, 0.05) is 11.1 Å². The van der Waals surface area contributed by atoms with Crippen molar-refractivity contribution < 1.29 is 33.4 Å². The Morgan fingerprint density at radius 1 is 0.682 bits per heavy atom. The molecule has 7 nitrogen and oxygen atoms in total. The van der Waals surface area contributed by atoms with Crippen LogP contribution in [0.2, 0.25) is 0 Å². The number of hydrogen-bond acceptors (Lipinski definition) is 7. The number of ketones is 2. The van der Waals surface area contributed by atoms with Crippen LogP contribution in [-0.2, 0) is 59.7 Å². The third-order valence-electron chi connectivity index (χ3n) is 8.49. The van der Waals surface area contributed by atoms with E-state index in [9.17, 15) is 24.4 Å². The van der Waals surface area contributed by atoms with Crippen LogP contribution >= 0.6 is 8.25 Å². The fourth-order valence-corrected chi connectivity index (χ4v) is 6.73. The molecule has 0 aliphatic heterocycles. The van der Waals surface area contributed by atoms with Crippen LogP contribution in [0.4, 0.5) is 0 Å². The number of phenolic OH excluding ortho intramolecular Hbond substituents is 2. The van der Waals surface area contributed by atoms with Gasteiger partial charge in [0.25, 0.3) is 0 Å². The predicted molar refractivity (Wildman–Crippen MR) is 176 cm³/mol. The molecule has 0 aromatic heterocycles. The maximum atomic E-state index is 12.5. The number of carbonyl (C=O) groups excluding carboxylic acids is 2. The molecule has 2 N–H and O–H groups in total. The lowest BCUT2D eigenvalue weighted by molar-refractivity contribution is -0.116. The number of carbonyl (C=O) groups is 2. The number of fused-ring (bicyclic) bond motifs is 2. The number of hydrogen-bond donors (Lipinski definition) is 2. The van der Waals surface area contributed by atoms with E-state index in [1.54, 1.807) is 12.2 Å². The normalized spacial score (nSPS) is 16.2. The summed E-state index contributed by atoms with van der Waals surface area (Å²) < 4.78 is 22.6. The van der Waals surface area contributed by atoms with Crippen LogP contribution in [0.5, 0.6) is 11.5 Å². The average molecular weight is 623 g/mol. The van der Waals surface area contributed by atoms with E-state index in [-0.39, 0.29) is 22.4 Å². The number of benzene rings is 2. The molecule has 44 heavy (non-hydrogen) atoms. The Morgan fingerprint density at radius 3 is 1.36 bits per heavy atom. The van der Waals surface area contributed by atoms with Crippen LogP contribution in [0.1, 0.15) is 112 Å². The molecule has 2 aromatic carbocycles. The molecule has 8 heteroatoms. The zero-order valence-corrected chi connectivity index (χ0v) is 28.0. The molecular formula is C36H47O7P. The quantitative estimate of drug-likeness (QED) is 0.206. The van der Waals surface area contributed by atoms with Crippen LogP contribution in [0.3, 0.4) is 0 Å². The molecule has 0 fully saturated rings. The molecule has 4 rings (SSSR count). The summed E-state index contributed by atoms with van der Waals surface area (Å²) in [5.74, 6) is -0.0350. The van der Waals surface area contributed by atoms with Crippen molar-refractivity contribution in [2.24, 2.45) is 0 Å². The molecule has 0 atom stereocenters. The topological polar surface area (TPSA) is 110 Å². The standard InChI is InChI=1S/C36H47O7P/c1-35(2,3)31-19-23(27-11-7-9-13-29(27)33(31)39)15-17-25(37)21-42-44(41)43-22-26(38)18-16-24-20-32(36(4,5)6)34(40)30-14-10-8-12-28(24)30/h15-20,39-40,44H,7-14,21-22H2,1-6H3. The molecule has 0 radical (unpaired) electrons. The Kier molecular flexibility index (Phi) is 10.8. The predicted octanol–water partition coefficient (Wildman–Crippen LogP) is 7.74. The van der Waals surface area contributed by atoms with Gasteiger partial charge in [-0.15, -0.1) is 0 Å². The van der Waals surface area contributed by atoms with E-state index in [0.717, 1.165) is 95.9 Å². The second-order valence-electron chi connectivity index (χ2n) is 14.0. The highest BCUT2D eigenvalue weighted by atomic mass is 31.1. The fourth-order valence-electron chi connectivity index (χ4n) is 6.12. The summed E-state index contributed by atoms with van der Waals surface area (Å²) in [7, 11) is -3.06. The number of rotatable bonds is 10. The molecule has 0 heterocycles. The second-order valence-corrected chi connectivity index (χ2v) is 15.1. The summed E-state index contributed by atoms with van der Waals surface area (Å²) in [6, 6.07) is 3.90. The van der Waals surface area contributed by atoms with Crippen LogP contribution in [0.25, 0.3) is 12.2 Å². The van der Waals surface area contributed by atoms with Crippen molar-refractivity contribution in [1.82, 2.24) is 0 Å². The zero-order valence-electron chi connectivity index (χ0n) is 27.0. The molecule has 2 aliphatic carbocycles. The zero-order chi connectivity index (χ0) is 32.2. The lowest BCUT2D eigenvalue weighted by atomic mass is 9.79. The van der Waals surface area contributed by atoms with E-state index < -0.39 is 21.5 Å². The molecule has 2 aromatic rings. The van der Waals surface area contributed by atoms with Gasteiger partial charge in [-0.3, -0.25) is 14.2 Å². The smallest absolute Gasteiger partial charge is 0.320 e. The number of aromatic hydroxyl groups is 2. The molecule has 0 saturated carbocycles. The minimum Gasteiger partial charge on any atom is -0.507 e. The summed E-state index contributed by atoms with van der Waals surface area (Å²) in [5.41, 5.74) is 7.05. The van der Waals surface area contributed by atoms with E-state index in [2.05, 4.69) is 0 Å². The average Bonchev–Trinajstić information content (AvgIpc) is 2.97. The van der Waals surface area contributed by atoms with Gasteiger partial charge in [0.1, 0.15) is 24.7 Å². The van der Waals surface area contributed by atoms with Crippen molar-refractivity contribution in [2.75, 3.05) is 13.2 Å². The highest BCUT2D eigenvalue weighted by molar-refractivity contribution is 7.33.